The highest BCUT2D eigenvalue weighted by Gasteiger charge is 2.36. The molecule has 0 aromatic carbocycles. The van der Waals surface area contributed by atoms with Crippen molar-refractivity contribution in [1.29, 1.82) is 0 Å². The van der Waals surface area contributed by atoms with Gasteiger partial charge in [0.05, 0.1) is 5.60 Å². The number of unbranched alkanes of at least 4 members (excludes halogenated alkanes) is 5. The van der Waals surface area contributed by atoms with Crippen molar-refractivity contribution in [3.63, 3.8) is 0 Å². The van der Waals surface area contributed by atoms with Crippen LogP contribution in [0.4, 0.5) is 0 Å². The molecule has 0 N–H and O–H groups in total. The van der Waals surface area contributed by atoms with E-state index in [4.69, 9.17) is 4.43 Å². The van der Waals surface area contributed by atoms with Crippen molar-refractivity contribution in [3.8, 4) is 0 Å². The third-order valence-electron chi connectivity index (χ3n) is 4.04. The molecule has 0 radical (unpaired) electrons. The third-order valence-corrected chi connectivity index (χ3v) is 4.95. The van der Waals surface area contributed by atoms with E-state index in [-0.39, 0.29) is 11.0 Å². The fourth-order valence-electron chi connectivity index (χ4n) is 2.03. The van der Waals surface area contributed by atoms with Crippen LogP contribution in [0.3, 0.4) is 0 Å². The molecule has 0 aromatic heterocycles. The molecular formula is C14H32OSi. The van der Waals surface area contributed by atoms with Crippen LogP contribution in [0.1, 0.15) is 79.6 Å². The normalized spacial score (nSPS) is 16.3. The molecule has 0 heterocycles. The van der Waals surface area contributed by atoms with Gasteiger partial charge in [0.15, 0.2) is 0 Å². The van der Waals surface area contributed by atoms with Gasteiger partial charge in [0.1, 0.15) is 10.5 Å². The minimum absolute atomic E-state index is 0.0873. The van der Waals surface area contributed by atoms with Gasteiger partial charge in [0.25, 0.3) is 0 Å². The van der Waals surface area contributed by atoms with Gasteiger partial charge in [-0.1, -0.05) is 66.2 Å². The van der Waals surface area contributed by atoms with Crippen LogP contribution >= 0.6 is 0 Å². The van der Waals surface area contributed by atoms with Crippen LogP contribution in [0.5, 0.6) is 0 Å². The summed E-state index contributed by atoms with van der Waals surface area (Å²) < 4.78 is 5.87. The molecule has 0 saturated carbocycles. The molecule has 0 aliphatic carbocycles. The lowest BCUT2D eigenvalue weighted by Gasteiger charge is -2.41. The second-order valence-corrected chi connectivity index (χ2v) is 6.61. The third kappa shape index (κ3) is 5.49. The first-order valence-electron chi connectivity index (χ1n) is 6.92. The SMILES string of the molecule is CCCCCCCCC(C)(O[SiH3])C(C)(C)C. The second kappa shape index (κ2) is 7.49. The summed E-state index contributed by atoms with van der Waals surface area (Å²) in [6.45, 7) is 11.4. The lowest BCUT2D eigenvalue weighted by atomic mass is 9.75. The van der Waals surface area contributed by atoms with E-state index in [2.05, 4.69) is 34.6 Å². The van der Waals surface area contributed by atoms with E-state index >= 15 is 0 Å². The Kier molecular flexibility index (Phi) is 7.58. The molecule has 98 valence electrons. The molecule has 0 spiro atoms. The molecule has 0 bridgehead atoms. The van der Waals surface area contributed by atoms with Gasteiger partial charge in [-0.2, -0.15) is 0 Å². The largest absolute Gasteiger partial charge is 0.422 e. The molecule has 0 aliphatic rings. The van der Waals surface area contributed by atoms with E-state index in [9.17, 15) is 0 Å². The van der Waals surface area contributed by atoms with E-state index < -0.39 is 0 Å². The summed E-state index contributed by atoms with van der Waals surface area (Å²) in [6, 6.07) is 0. The summed E-state index contributed by atoms with van der Waals surface area (Å²) in [6.07, 6.45) is 9.44. The van der Waals surface area contributed by atoms with Crippen molar-refractivity contribution in [2.24, 2.45) is 5.41 Å². The number of hydrogen-bond donors (Lipinski definition) is 0. The van der Waals surface area contributed by atoms with Gasteiger partial charge < -0.3 is 4.43 Å². The smallest absolute Gasteiger partial charge is 0.146 e. The van der Waals surface area contributed by atoms with Gasteiger partial charge >= 0.3 is 0 Å². The molecule has 0 aromatic rings. The highest BCUT2D eigenvalue weighted by atomic mass is 28.2. The Balaban J connectivity index is 3.80. The fourth-order valence-corrected chi connectivity index (χ4v) is 2.84. The van der Waals surface area contributed by atoms with Gasteiger partial charge in [0.2, 0.25) is 0 Å². The highest BCUT2D eigenvalue weighted by molar-refractivity contribution is 5.98. The van der Waals surface area contributed by atoms with Crippen molar-refractivity contribution in [2.45, 2.75) is 85.2 Å². The van der Waals surface area contributed by atoms with Crippen molar-refractivity contribution in [1.82, 2.24) is 0 Å². The Morgan fingerprint density at radius 2 is 1.38 bits per heavy atom. The standard InChI is InChI=1S/C14H32OSi/c1-6-7-8-9-10-11-12-14(5,15-16)13(2,3)4/h6-12H2,1-5,16H3. The molecule has 0 rings (SSSR count). The van der Waals surface area contributed by atoms with Crippen LogP contribution in [0.2, 0.25) is 0 Å². The zero-order chi connectivity index (χ0) is 12.7. The maximum Gasteiger partial charge on any atom is 0.146 e. The molecule has 0 fully saturated rings. The van der Waals surface area contributed by atoms with Crippen LogP contribution < -0.4 is 0 Å². The lowest BCUT2D eigenvalue weighted by molar-refractivity contribution is -0.0194. The Morgan fingerprint density at radius 3 is 1.81 bits per heavy atom. The second-order valence-electron chi connectivity index (χ2n) is 6.20. The summed E-state index contributed by atoms with van der Waals surface area (Å²) in [4.78, 5) is 0. The summed E-state index contributed by atoms with van der Waals surface area (Å²) in [5.74, 6) is 0. The van der Waals surface area contributed by atoms with Gasteiger partial charge in [-0.25, -0.2) is 0 Å². The summed E-state index contributed by atoms with van der Waals surface area (Å²) in [7, 11) is 0.848. The zero-order valence-corrected chi connectivity index (χ0v) is 14.4. The minimum Gasteiger partial charge on any atom is -0.422 e. The van der Waals surface area contributed by atoms with E-state index in [1.807, 2.05) is 0 Å². The van der Waals surface area contributed by atoms with E-state index in [0.29, 0.717) is 0 Å². The molecule has 1 atom stereocenters. The predicted octanol–water partition coefficient (Wildman–Crippen LogP) is 3.84. The predicted molar refractivity (Wildman–Crippen MR) is 76.9 cm³/mol. The van der Waals surface area contributed by atoms with Crippen LogP contribution in [-0.4, -0.2) is 16.1 Å². The lowest BCUT2D eigenvalue weighted by Crippen LogP contribution is -2.42. The van der Waals surface area contributed by atoms with Crippen molar-refractivity contribution < 1.29 is 4.43 Å². The maximum atomic E-state index is 5.87. The summed E-state index contributed by atoms with van der Waals surface area (Å²) in [5, 5.41) is 0. The van der Waals surface area contributed by atoms with Gasteiger partial charge in [-0.05, 0) is 18.8 Å². The average molecular weight is 244 g/mol. The summed E-state index contributed by atoms with van der Waals surface area (Å²) >= 11 is 0. The monoisotopic (exact) mass is 244 g/mol. The van der Waals surface area contributed by atoms with Crippen LogP contribution in [0.25, 0.3) is 0 Å². The average Bonchev–Trinajstić information content (AvgIpc) is 2.21. The van der Waals surface area contributed by atoms with Crippen LogP contribution in [0.15, 0.2) is 0 Å². The van der Waals surface area contributed by atoms with Crippen molar-refractivity contribution >= 4 is 10.5 Å². The first-order chi connectivity index (χ1) is 7.37. The molecule has 16 heavy (non-hydrogen) atoms. The Bertz CT molecular complexity index is 174. The first-order valence-corrected chi connectivity index (χ1v) is 7.74. The number of hydrogen-bond acceptors (Lipinski definition) is 1. The summed E-state index contributed by atoms with van der Waals surface area (Å²) in [5.41, 5.74) is 0.349. The number of rotatable bonds is 8. The molecule has 0 saturated heterocycles. The van der Waals surface area contributed by atoms with E-state index in [0.717, 1.165) is 10.5 Å². The van der Waals surface area contributed by atoms with Gasteiger partial charge in [-0.3, -0.25) is 0 Å². The zero-order valence-electron chi connectivity index (χ0n) is 12.4. The van der Waals surface area contributed by atoms with E-state index in [1.54, 1.807) is 0 Å². The fraction of sp³-hybridized carbons (Fsp3) is 1.00. The molecule has 1 nitrogen and oxygen atoms in total. The van der Waals surface area contributed by atoms with Crippen LogP contribution in [0, 0.1) is 5.41 Å². The highest BCUT2D eigenvalue weighted by Crippen LogP contribution is 2.37. The molecule has 0 amide bonds. The van der Waals surface area contributed by atoms with Crippen molar-refractivity contribution in [3.05, 3.63) is 0 Å². The first kappa shape index (κ1) is 16.2. The molecule has 1 unspecified atom stereocenters. The van der Waals surface area contributed by atoms with Crippen LogP contribution in [-0.2, 0) is 4.43 Å². The maximum absolute atomic E-state index is 5.87. The Hall–Kier alpha value is 0.177. The minimum atomic E-state index is 0.0873. The Morgan fingerprint density at radius 1 is 0.875 bits per heavy atom. The van der Waals surface area contributed by atoms with Gasteiger partial charge in [-0.15, -0.1) is 0 Å². The van der Waals surface area contributed by atoms with E-state index in [1.165, 1.54) is 44.9 Å². The molecule has 2 heteroatoms. The quantitative estimate of drug-likeness (QED) is 0.466. The molecular weight excluding hydrogens is 212 g/mol. The van der Waals surface area contributed by atoms with Gasteiger partial charge in [0, 0.05) is 0 Å². The molecule has 0 aliphatic heterocycles. The Labute approximate surface area is 106 Å². The topological polar surface area (TPSA) is 9.23 Å². The van der Waals surface area contributed by atoms with Crippen molar-refractivity contribution in [2.75, 3.05) is 0 Å².